The summed E-state index contributed by atoms with van der Waals surface area (Å²) in [6.45, 7) is 5.74. The van der Waals surface area contributed by atoms with E-state index in [0.717, 1.165) is 32.0 Å². The topological polar surface area (TPSA) is 61.4 Å². The average Bonchev–Trinajstić information content (AvgIpc) is 2.78. The molecule has 0 aliphatic carbocycles. The maximum Gasteiger partial charge on any atom is 0.234 e. The van der Waals surface area contributed by atoms with E-state index < -0.39 is 0 Å². The summed E-state index contributed by atoms with van der Waals surface area (Å²) in [7, 11) is 0. The predicted octanol–water partition coefficient (Wildman–Crippen LogP) is 3.98. The lowest BCUT2D eigenvalue weighted by molar-refractivity contribution is -0.113. The lowest BCUT2D eigenvalue weighted by Gasteiger charge is -2.36. The fraction of sp³-hybridized carbons (Fsp3) is 0.261. The van der Waals surface area contributed by atoms with Gasteiger partial charge in [-0.2, -0.15) is 0 Å². The SMILES string of the molecule is Cc1cccc(N2CCN(c3ccc(SCC(=O)Nc4cccc(F)c4)nn3)CC2)c1. The van der Waals surface area contributed by atoms with Crippen molar-refractivity contribution >= 4 is 34.9 Å². The third-order valence-corrected chi connectivity index (χ3v) is 5.98. The van der Waals surface area contributed by atoms with Crippen molar-refractivity contribution in [3.05, 3.63) is 72.0 Å². The van der Waals surface area contributed by atoms with Gasteiger partial charge in [0, 0.05) is 37.6 Å². The molecule has 1 aliphatic heterocycles. The van der Waals surface area contributed by atoms with Gasteiger partial charge in [-0.15, -0.1) is 10.2 Å². The Hall–Kier alpha value is -3.13. The number of amides is 1. The van der Waals surface area contributed by atoms with Crippen LogP contribution in [-0.2, 0) is 4.79 Å². The molecule has 2 heterocycles. The van der Waals surface area contributed by atoms with E-state index in [9.17, 15) is 9.18 Å². The Morgan fingerprint density at radius 2 is 1.77 bits per heavy atom. The van der Waals surface area contributed by atoms with Crippen LogP contribution >= 0.6 is 11.8 Å². The van der Waals surface area contributed by atoms with Gasteiger partial charge >= 0.3 is 0 Å². The molecule has 0 radical (unpaired) electrons. The Morgan fingerprint density at radius 1 is 1.00 bits per heavy atom. The third-order valence-electron chi connectivity index (χ3n) is 5.06. The van der Waals surface area contributed by atoms with Gasteiger partial charge in [-0.1, -0.05) is 30.0 Å². The number of hydrogen-bond acceptors (Lipinski definition) is 6. The van der Waals surface area contributed by atoms with Gasteiger partial charge in [0.05, 0.1) is 5.75 Å². The van der Waals surface area contributed by atoms with Gasteiger partial charge in [0.25, 0.3) is 0 Å². The molecule has 4 rings (SSSR count). The van der Waals surface area contributed by atoms with E-state index in [4.69, 9.17) is 0 Å². The molecule has 1 amide bonds. The van der Waals surface area contributed by atoms with Gasteiger partial charge in [-0.3, -0.25) is 4.79 Å². The number of nitrogens with one attached hydrogen (secondary N) is 1. The molecule has 0 bridgehead atoms. The highest BCUT2D eigenvalue weighted by Crippen LogP contribution is 2.22. The van der Waals surface area contributed by atoms with Crippen molar-refractivity contribution < 1.29 is 9.18 Å². The highest BCUT2D eigenvalue weighted by Gasteiger charge is 2.19. The molecule has 31 heavy (non-hydrogen) atoms. The lowest BCUT2D eigenvalue weighted by atomic mass is 10.2. The molecule has 3 aromatic rings. The van der Waals surface area contributed by atoms with Gasteiger partial charge in [0.15, 0.2) is 5.82 Å². The molecule has 6 nitrogen and oxygen atoms in total. The Kier molecular flexibility index (Phi) is 6.66. The Bertz CT molecular complexity index is 1040. The number of piperazine rings is 1. The van der Waals surface area contributed by atoms with E-state index in [1.54, 1.807) is 12.1 Å². The molecular formula is C23H24FN5OS. The van der Waals surface area contributed by atoms with Crippen LogP contribution in [0.2, 0.25) is 0 Å². The number of carbonyl (C=O) groups is 1. The first kappa shape index (κ1) is 21.1. The molecule has 160 valence electrons. The van der Waals surface area contributed by atoms with Crippen molar-refractivity contribution in [2.45, 2.75) is 11.9 Å². The fourth-order valence-electron chi connectivity index (χ4n) is 3.48. The molecule has 0 saturated carbocycles. The van der Waals surface area contributed by atoms with Crippen molar-refractivity contribution in [1.29, 1.82) is 0 Å². The van der Waals surface area contributed by atoms with Crippen molar-refractivity contribution in [2.75, 3.05) is 47.0 Å². The highest BCUT2D eigenvalue weighted by molar-refractivity contribution is 7.99. The molecule has 8 heteroatoms. The van der Waals surface area contributed by atoms with Crippen molar-refractivity contribution in [1.82, 2.24) is 10.2 Å². The summed E-state index contributed by atoms with van der Waals surface area (Å²) in [6.07, 6.45) is 0. The number of halogens is 1. The summed E-state index contributed by atoms with van der Waals surface area (Å²) in [5.41, 5.74) is 2.97. The standard InChI is InChI=1S/C23H24FN5OS/c1-17-4-2-7-20(14-17)28-10-12-29(13-11-28)21-8-9-23(27-26-21)31-16-22(30)25-19-6-3-5-18(24)15-19/h2-9,14-15H,10-13,16H2,1H3,(H,25,30). The van der Waals surface area contributed by atoms with E-state index in [0.29, 0.717) is 10.7 Å². The molecule has 1 N–H and O–H groups in total. The van der Waals surface area contributed by atoms with Crippen molar-refractivity contribution in [2.24, 2.45) is 0 Å². The molecule has 1 fully saturated rings. The quantitative estimate of drug-likeness (QED) is 0.589. The summed E-state index contributed by atoms with van der Waals surface area (Å²) in [6, 6.07) is 18.2. The van der Waals surface area contributed by atoms with E-state index in [1.807, 2.05) is 12.1 Å². The second kappa shape index (κ2) is 9.78. The van der Waals surface area contributed by atoms with Gasteiger partial charge in [-0.05, 0) is 55.0 Å². The van der Waals surface area contributed by atoms with Crippen molar-refractivity contribution in [3.8, 4) is 0 Å². The summed E-state index contributed by atoms with van der Waals surface area (Å²) < 4.78 is 13.2. The molecule has 1 aromatic heterocycles. The van der Waals surface area contributed by atoms with E-state index >= 15 is 0 Å². The molecular weight excluding hydrogens is 413 g/mol. The number of hydrogen-bond donors (Lipinski definition) is 1. The minimum Gasteiger partial charge on any atom is -0.368 e. The number of aryl methyl sites for hydroxylation is 1. The largest absolute Gasteiger partial charge is 0.368 e. The highest BCUT2D eigenvalue weighted by atomic mass is 32.2. The second-order valence-electron chi connectivity index (χ2n) is 7.39. The van der Waals surface area contributed by atoms with Crippen LogP contribution in [0.3, 0.4) is 0 Å². The smallest absolute Gasteiger partial charge is 0.234 e. The number of thioether (sulfide) groups is 1. The minimum absolute atomic E-state index is 0.180. The van der Waals surface area contributed by atoms with Crippen LogP contribution in [0.4, 0.5) is 21.6 Å². The Morgan fingerprint density at radius 3 is 2.48 bits per heavy atom. The van der Waals surface area contributed by atoms with Crippen LogP contribution in [-0.4, -0.2) is 48.0 Å². The number of aromatic nitrogens is 2. The van der Waals surface area contributed by atoms with Crippen LogP contribution in [0.1, 0.15) is 5.56 Å². The van der Waals surface area contributed by atoms with E-state index in [2.05, 4.69) is 56.5 Å². The first-order chi connectivity index (χ1) is 15.1. The zero-order chi connectivity index (χ0) is 21.6. The molecule has 2 aromatic carbocycles. The monoisotopic (exact) mass is 437 g/mol. The van der Waals surface area contributed by atoms with Crippen LogP contribution in [0.5, 0.6) is 0 Å². The minimum atomic E-state index is -0.383. The number of carbonyl (C=O) groups excluding carboxylic acids is 1. The zero-order valence-corrected chi connectivity index (χ0v) is 18.1. The Balaban J connectivity index is 1.26. The van der Waals surface area contributed by atoms with Gasteiger partial charge < -0.3 is 15.1 Å². The number of nitrogens with zero attached hydrogens (tertiary/aromatic N) is 4. The number of anilines is 3. The average molecular weight is 438 g/mol. The van der Waals surface area contributed by atoms with Gasteiger partial charge in [-0.25, -0.2) is 4.39 Å². The van der Waals surface area contributed by atoms with Crippen LogP contribution in [0.15, 0.2) is 65.7 Å². The van der Waals surface area contributed by atoms with Crippen molar-refractivity contribution in [3.63, 3.8) is 0 Å². The number of benzene rings is 2. The van der Waals surface area contributed by atoms with Gasteiger partial charge in [0.2, 0.25) is 5.91 Å². The summed E-state index contributed by atoms with van der Waals surface area (Å²) in [5, 5.41) is 12.0. The molecule has 0 unspecified atom stereocenters. The maximum atomic E-state index is 13.2. The number of rotatable bonds is 6. The second-order valence-corrected chi connectivity index (χ2v) is 8.39. The lowest BCUT2D eigenvalue weighted by Crippen LogP contribution is -2.46. The molecule has 1 saturated heterocycles. The molecule has 0 atom stereocenters. The van der Waals surface area contributed by atoms with Crippen LogP contribution in [0, 0.1) is 12.7 Å². The molecule has 1 aliphatic rings. The first-order valence-electron chi connectivity index (χ1n) is 10.2. The van der Waals surface area contributed by atoms with Gasteiger partial charge in [0.1, 0.15) is 10.8 Å². The Labute approximate surface area is 185 Å². The summed E-state index contributed by atoms with van der Waals surface area (Å²) in [4.78, 5) is 16.7. The zero-order valence-electron chi connectivity index (χ0n) is 17.3. The third kappa shape index (κ3) is 5.73. The normalized spacial score (nSPS) is 13.9. The van der Waals surface area contributed by atoms with Crippen LogP contribution in [0.25, 0.3) is 0 Å². The molecule has 0 spiro atoms. The summed E-state index contributed by atoms with van der Waals surface area (Å²) in [5.74, 6) is 0.428. The van der Waals surface area contributed by atoms with Crippen LogP contribution < -0.4 is 15.1 Å². The first-order valence-corrected chi connectivity index (χ1v) is 11.1. The summed E-state index contributed by atoms with van der Waals surface area (Å²) >= 11 is 1.30. The van der Waals surface area contributed by atoms with E-state index in [-0.39, 0.29) is 17.5 Å². The fourth-order valence-corrected chi connectivity index (χ4v) is 4.09. The van der Waals surface area contributed by atoms with E-state index in [1.165, 1.54) is 35.1 Å². The maximum absolute atomic E-state index is 13.2. The predicted molar refractivity (Wildman–Crippen MR) is 123 cm³/mol.